The van der Waals surface area contributed by atoms with Crippen molar-refractivity contribution in [3.8, 4) is 0 Å². The van der Waals surface area contributed by atoms with E-state index in [0.717, 1.165) is 0 Å². The molecule has 1 rings (SSSR count). The highest BCUT2D eigenvalue weighted by atomic mass is 80.0. The highest BCUT2D eigenvalue weighted by molar-refractivity contribution is 9.39. The van der Waals surface area contributed by atoms with Crippen LogP contribution in [0.4, 0.5) is 0 Å². The Kier molecular flexibility index (Phi) is 2.76. The van der Waals surface area contributed by atoms with Crippen molar-refractivity contribution in [3.05, 3.63) is 0 Å². The zero-order valence-corrected chi connectivity index (χ0v) is 9.40. The molecule has 58 valence electrons. The maximum Gasteiger partial charge on any atom is 0.334 e. The lowest BCUT2D eigenvalue weighted by Crippen LogP contribution is -2.24. The van der Waals surface area contributed by atoms with Crippen molar-refractivity contribution in [1.29, 1.82) is 0 Å². The van der Waals surface area contributed by atoms with Gasteiger partial charge >= 0.3 is 5.97 Å². The Morgan fingerprint density at radius 3 is 2.30 bits per heavy atom. The second-order valence-electron chi connectivity index (χ2n) is 1.67. The van der Waals surface area contributed by atoms with E-state index in [0.29, 0.717) is 0 Å². The average Bonchev–Trinajstić information content (AvgIpc) is 2.11. The van der Waals surface area contributed by atoms with Gasteiger partial charge < -0.3 is 9.47 Å². The summed E-state index contributed by atoms with van der Waals surface area (Å²) in [4.78, 5) is 10.5. The van der Waals surface area contributed by atoms with Gasteiger partial charge in [-0.05, 0) is 0 Å². The molecule has 0 aromatic carbocycles. The fourth-order valence-corrected chi connectivity index (χ4v) is 1.17. The van der Waals surface area contributed by atoms with Crippen molar-refractivity contribution < 1.29 is 14.3 Å². The lowest BCUT2D eigenvalue weighted by Gasteiger charge is -2.17. The minimum Gasteiger partial charge on any atom is -0.430 e. The van der Waals surface area contributed by atoms with Gasteiger partial charge in [0.15, 0.2) is 2.14 Å². The summed E-state index contributed by atoms with van der Waals surface area (Å²) in [7, 11) is 0. The van der Waals surface area contributed by atoms with Gasteiger partial charge in [0.05, 0.1) is 0 Å². The molecule has 1 unspecified atom stereocenters. The second kappa shape index (κ2) is 3.08. The normalized spacial score (nSPS) is 26.7. The Morgan fingerprint density at radius 2 is 2.10 bits per heavy atom. The molecule has 1 atom stereocenters. The van der Waals surface area contributed by atoms with Gasteiger partial charge in [-0.3, -0.25) is 0 Å². The molecule has 0 N–H and O–H groups in total. The summed E-state index contributed by atoms with van der Waals surface area (Å²) < 4.78 is 8.97. The number of hydrogen-bond donors (Lipinski definition) is 0. The number of rotatable bonds is 0. The molecule has 10 heavy (non-hydrogen) atoms. The molecule has 6 heteroatoms. The molecule has 0 aliphatic carbocycles. The van der Waals surface area contributed by atoms with Crippen molar-refractivity contribution in [1.82, 2.24) is 0 Å². The van der Waals surface area contributed by atoms with Crippen molar-refractivity contribution in [2.24, 2.45) is 0 Å². The minimum atomic E-state index is -0.668. The summed E-state index contributed by atoms with van der Waals surface area (Å²) in [5.74, 6) is -0.354. The molecule has 1 heterocycles. The van der Waals surface area contributed by atoms with Gasteiger partial charge in [0.2, 0.25) is 6.29 Å². The molecule has 1 aliphatic rings. The van der Waals surface area contributed by atoms with Gasteiger partial charge in [-0.25, -0.2) is 4.79 Å². The summed E-state index contributed by atoms with van der Waals surface area (Å²) in [6.45, 7) is 0.00914. The highest BCUT2D eigenvalue weighted by Gasteiger charge is 2.39. The fourth-order valence-electron chi connectivity index (χ4n) is 0.492. The maximum atomic E-state index is 10.5. The van der Waals surface area contributed by atoms with E-state index in [9.17, 15) is 4.79 Å². The molecule has 1 saturated heterocycles. The van der Waals surface area contributed by atoms with E-state index in [1.165, 1.54) is 0 Å². The molecular weight excluding hydrogens is 336 g/mol. The third kappa shape index (κ3) is 2.18. The van der Waals surface area contributed by atoms with Gasteiger partial charge in [0, 0.05) is 0 Å². The molecule has 0 amide bonds. The molecule has 0 saturated carbocycles. The number of halogens is 3. The Labute approximate surface area is 82.8 Å². The molecule has 1 fully saturated rings. The number of carbonyl (C=O) groups excluding carboxylic acids is 1. The minimum absolute atomic E-state index is 0.00914. The second-order valence-corrected chi connectivity index (χ2v) is 8.62. The molecule has 0 radical (unpaired) electrons. The fraction of sp³-hybridized carbons (Fsp3) is 0.750. The Bertz CT molecular complexity index is 152. The lowest BCUT2D eigenvalue weighted by atomic mass is 10.8. The van der Waals surface area contributed by atoms with E-state index in [1.54, 1.807) is 0 Å². The van der Waals surface area contributed by atoms with E-state index in [4.69, 9.17) is 9.47 Å². The zero-order valence-electron chi connectivity index (χ0n) is 4.64. The summed E-state index contributed by atoms with van der Waals surface area (Å²) >= 11 is 9.49. The first kappa shape index (κ1) is 8.96. The Hall–Kier alpha value is 0.870. The Morgan fingerprint density at radius 1 is 1.50 bits per heavy atom. The van der Waals surface area contributed by atoms with Crippen LogP contribution in [0.25, 0.3) is 0 Å². The smallest absolute Gasteiger partial charge is 0.334 e. The highest BCUT2D eigenvalue weighted by Crippen LogP contribution is 2.40. The van der Waals surface area contributed by atoms with E-state index < -0.39 is 8.43 Å². The van der Waals surface area contributed by atoms with Crippen molar-refractivity contribution >= 4 is 53.8 Å². The van der Waals surface area contributed by atoms with Crippen LogP contribution < -0.4 is 0 Å². The summed E-state index contributed by atoms with van der Waals surface area (Å²) in [6, 6.07) is 0. The predicted molar refractivity (Wildman–Crippen MR) is 45.3 cm³/mol. The van der Waals surface area contributed by atoms with Crippen molar-refractivity contribution in [3.63, 3.8) is 0 Å². The third-order valence-corrected chi connectivity index (χ3v) is 1.98. The lowest BCUT2D eigenvalue weighted by molar-refractivity contribution is -0.142. The van der Waals surface area contributed by atoms with E-state index in [1.807, 2.05) is 0 Å². The van der Waals surface area contributed by atoms with E-state index in [-0.39, 0.29) is 12.6 Å². The van der Waals surface area contributed by atoms with E-state index in [2.05, 4.69) is 47.8 Å². The number of hydrogen-bond acceptors (Lipinski definition) is 3. The van der Waals surface area contributed by atoms with Crippen molar-refractivity contribution in [2.45, 2.75) is 8.43 Å². The first-order chi connectivity index (χ1) is 4.50. The van der Waals surface area contributed by atoms with Crippen LogP contribution in [-0.4, -0.2) is 21.0 Å². The zero-order chi connectivity index (χ0) is 7.78. The van der Waals surface area contributed by atoms with Crippen LogP contribution >= 0.6 is 47.8 Å². The summed E-state index contributed by atoms with van der Waals surface area (Å²) in [5, 5.41) is 0. The van der Waals surface area contributed by atoms with Crippen molar-refractivity contribution in [2.75, 3.05) is 6.61 Å². The number of alkyl halides is 3. The van der Waals surface area contributed by atoms with E-state index >= 15 is 0 Å². The maximum absolute atomic E-state index is 10.5. The first-order valence-corrected chi connectivity index (χ1v) is 4.76. The van der Waals surface area contributed by atoms with Crippen LogP contribution in [0, 0.1) is 0 Å². The number of carbonyl (C=O) groups is 1. The molecule has 0 aromatic heterocycles. The van der Waals surface area contributed by atoms with Crippen LogP contribution in [0.2, 0.25) is 0 Å². The SMILES string of the molecule is O=C1COC(C(Br)(Br)Br)O1. The molecule has 0 spiro atoms. The molecule has 0 bridgehead atoms. The molecule has 0 aromatic rings. The van der Waals surface area contributed by atoms with Crippen LogP contribution in [-0.2, 0) is 14.3 Å². The van der Waals surface area contributed by atoms with Crippen LogP contribution in [0.3, 0.4) is 0 Å². The predicted octanol–water partition coefficient (Wildman–Crippen LogP) is 1.72. The van der Waals surface area contributed by atoms with Gasteiger partial charge in [-0.2, -0.15) is 0 Å². The van der Waals surface area contributed by atoms with Crippen LogP contribution in [0.15, 0.2) is 0 Å². The Balaban J connectivity index is 2.53. The number of cyclic esters (lactones) is 1. The number of ether oxygens (including phenoxy) is 2. The van der Waals surface area contributed by atoms with Gasteiger partial charge in [0.25, 0.3) is 0 Å². The summed E-state index contributed by atoms with van der Waals surface area (Å²) in [6.07, 6.45) is -0.611. The average molecular weight is 339 g/mol. The van der Waals surface area contributed by atoms with Gasteiger partial charge in [-0.1, -0.05) is 47.8 Å². The van der Waals surface area contributed by atoms with Gasteiger partial charge in [0.1, 0.15) is 6.61 Å². The van der Waals surface area contributed by atoms with Crippen LogP contribution in [0.5, 0.6) is 0 Å². The van der Waals surface area contributed by atoms with Gasteiger partial charge in [-0.15, -0.1) is 0 Å². The summed E-state index contributed by atoms with van der Waals surface area (Å²) in [5.41, 5.74) is 0. The molecular formula is C4H3Br3O3. The first-order valence-electron chi connectivity index (χ1n) is 2.38. The molecule has 1 aliphatic heterocycles. The molecule has 3 nitrogen and oxygen atoms in total. The van der Waals surface area contributed by atoms with Crippen LogP contribution in [0.1, 0.15) is 0 Å². The third-order valence-electron chi connectivity index (χ3n) is 0.858. The standard InChI is InChI=1S/C4H3Br3O3/c5-4(6,7)3-9-1-2(8)10-3/h3H,1H2. The number of esters is 1. The largest absolute Gasteiger partial charge is 0.430 e. The topological polar surface area (TPSA) is 35.5 Å². The monoisotopic (exact) mass is 336 g/mol. The quantitative estimate of drug-likeness (QED) is 0.498.